The Bertz CT molecular complexity index is 402. The summed E-state index contributed by atoms with van der Waals surface area (Å²) in [6, 6.07) is 0. The van der Waals surface area contributed by atoms with E-state index in [2.05, 4.69) is 6.58 Å². The second kappa shape index (κ2) is 3.34. The van der Waals surface area contributed by atoms with Gasteiger partial charge in [0.25, 0.3) is 0 Å². The number of carbonyl (C=O) groups is 2. The second-order valence-electron chi connectivity index (χ2n) is 5.56. The molecule has 0 radical (unpaired) electrons. The van der Waals surface area contributed by atoms with Crippen molar-refractivity contribution in [2.45, 2.75) is 25.4 Å². The van der Waals surface area contributed by atoms with Gasteiger partial charge in [-0.15, -0.1) is 0 Å². The van der Waals surface area contributed by atoms with Crippen LogP contribution < -0.4 is 0 Å². The van der Waals surface area contributed by atoms with Crippen LogP contribution in [-0.2, 0) is 19.1 Å². The van der Waals surface area contributed by atoms with E-state index in [1.54, 1.807) is 0 Å². The van der Waals surface area contributed by atoms with Gasteiger partial charge in [-0.2, -0.15) is 0 Å². The predicted octanol–water partition coefficient (Wildman–Crippen LogP) is 1.30. The van der Waals surface area contributed by atoms with Gasteiger partial charge in [-0.1, -0.05) is 6.58 Å². The van der Waals surface area contributed by atoms with E-state index < -0.39 is 5.60 Å². The van der Waals surface area contributed by atoms with Gasteiger partial charge in [-0.3, -0.25) is 4.79 Å². The molecule has 4 nitrogen and oxygen atoms in total. The molecule has 0 amide bonds. The Kier molecular flexibility index (Phi) is 2.12. The summed E-state index contributed by atoms with van der Waals surface area (Å²) in [6.45, 7) is 5.88. The monoisotopic (exact) mass is 236 g/mol. The first kappa shape index (κ1) is 10.8. The molecule has 3 aliphatic rings. The minimum Gasteiger partial charge on any atom is -0.465 e. The van der Waals surface area contributed by atoms with Crippen LogP contribution in [0.4, 0.5) is 0 Å². The average molecular weight is 236 g/mol. The lowest BCUT2D eigenvalue weighted by molar-refractivity contribution is -0.160. The Labute approximate surface area is 100.0 Å². The van der Waals surface area contributed by atoms with Crippen LogP contribution in [0.1, 0.15) is 19.8 Å². The minimum absolute atomic E-state index is 0.0514. The summed E-state index contributed by atoms with van der Waals surface area (Å²) in [4.78, 5) is 23.0. The Morgan fingerprint density at radius 2 is 2.41 bits per heavy atom. The number of hydrogen-bond acceptors (Lipinski definition) is 4. The molecule has 2 saturated carbocycles. The molecular formula is C13H16O4. The van der Waals surface area contributed by atoms with Crippen LogP contribution in [0, 0.1) is 23.7 Å². The number of esters is 2. The topological polar surface area (TPSA) is 52.6 Å². The van der Waals surface area contributed by atoms with Crippen molar-refractivity contribution in [1.29, 1.82) is 0 Å². The molecule has 0 aromatic heterocycles. The smallest absolute Gasteiger partial charge is 0.330 e. The first-order valence-electron chi connectivity index (χ1n) is 6.07. The van der Waals surface area contributed by atoms with Gasteiger partial charge >= 0.3 is 11.9 Å². The number of fused-ring (bicyclic) bond motifs is 5. The fourth-order valence-electron chi connectivity index (χ4n) is 4.08. The summed E-state index contributed by atoms with van der Waals surface area (Å²) in [7, 11) is 0. The van der Waals surface area contributed by atoms with E-state index in [0.717, 1.165) is 12.8 Å². The summed E-state index contributed by atoms with van der Waals surface area (Å²) < 4.78 is 10.6. The molecule has 0 spiro atoms. The molecule has 3 fully saturated rings. The minimum atomic E-state index is -0.439. The molecule has 0 aromatic carbocycles. The summed E-state index contributed by atoms with van der Waals surface area (Å²) >= 11 is 0. The highest BCUT2D eigenvalue weighted by molar-refractivity contribution is 5.82. The van der Waals surface area contributed by atoms with Crippen LogP contribution in [0.2, 0.25) is 0 Å². The third-order valence-corrected chi connectivity index (χ3v) is 4.69. The van der Waals surface area contributed by atoms with Gasteiger partial charge in [0.05, 0.1) is 12.5 Å². The number of ether oxygens (including phenoxy) is 2. The molecule has 1 saturated heterocycles. The van der Waals surface area contributed by atoms with Crippen LogP contribution in [0.25, 0.3) is 0 Å². The van der Waals surface area contributed by atoms with Gasteiger partial charge in [0.1, 0.15) is 5.60 Å². The second-order valence-corrected chi connectivity index (χ2v) is 5.56. The zero-order valence-electron chi connectivity index (χ0n) is 9.85. The maximum absolute atomic E-state index is 11.6. The maximum atomic E-state index is 11.6. The number of hydrogen-bond donors (Lipinski definition) is 0. The third-order valence-electron chi connectivity index (χ3n) is 4.69. The Balaban J connectivity index is 1.82. The lowest BCUT2D eigenvalue weighted by atomic mass is 9.73. The van der Waals surface area contributed by atoms with Gasteiger partial charge in [-0.05, 0) is 25.7 Å². The summed E-state index contributed by atoms with van der Waals surface area (Å²) in [5.74, 6) is 0.441. The fourth-order valence-corrected chi connectivity index (χ4v) is 4.08. The fraction of sp³-hybridized carbons (Fsp3) is 0.692. The molecule has 17 heavy (non-hydrogen) atoms. The normalized spacial score (nSPS) is 46.5. The predicted molar refractivity (Wildman–Crippen MR) is 58.8 cm³/mol. The Morgan fingerprint density at radius 1 is 1.65 bits per heavy atom. The van der Waals surface area contributed by atoms with Crippen molar-refractivity contribution >= 4 is 11.9 Å². The van der Waals surface area contributed by atoms with Crippen molar-refractivity contribution < 1.29 is 19.1 Å². The standard InChI is InChI=1S/C13H16O4/c1-3-10(14)17-13(2)5-7-4-9(13)8-6-16-12(15)11(7)8/h3,7-9,11H,1,4-6H2,2H3. The number of rotatable bonds is 2. The highest BCUT2D eigenvalue weighted by Crippen LogP contribution is 2.60. The Hall–Kier alpha value is -1.32. The van der Waals surface area contributed by atoms with E-state index in [9.17, 15) is 9.59 Å². The van der Waals surface area contributed by atoms with Gasteiger partial charge in [0.15, 0.2) is 0 Å². The van der Waals surface area contributed by atoms with Crippen LogP contribution in [0.15, 0.2) is 12.7 Å². The SMILES string of the molecule is C=CC(=O)OC1(C)CC2CC1C1COC(=O)C21. The molecule has 5 atom stereocenters. The van der Waals surface area contributed by atoms with Crippen molar-refractivity contribution in [3.63, 3.8) is 0 Å². The maximum Gasteiger partial charge on any atom is 0.330 e. The van der Waals surface area contributed by atoms with E-state index >= 15 is 0 Å². The average Bonchev–Trinajstić information content (AvgIpc) is 2.89. The van der Waals surface area contributed by atoms with Crippen molar-refractivity contribution in [2.75, 3.05) is 6.61 Å². The molecule has 0 N–H and O–H groups in total. The summed E-state index contributed by atoms with van der Waals surface area (Å²) in [5, 5.41) is 0. The molecule has 5 unspecified atom stereocenters. The van der Waals surface area contributed by atoms with Gasteiger partial charge in [0, 0.05) is 17.9 Å². The molecule has 2 aliphatic carbocycles. The van der Waals surface area contributed by atoms with E-state index in [1.807, 2.05) is 6.92 Å². The van der Waals surface area contributed by atoms with E-state index in [-0.39, 0.29) is 29.7 Å². The van der Waals surface area contributed by atoms with Crippen molar-refractivity contribution in [3.05, 3.63) is 12.7 Å². The lowest BCUT2D eigenvalue weighted by Gasteiger charge is -2.37. The van der Waals surface area contributed by atoms with Crippen molar-refractivity contribution in [1.82, 2.24) is 0 Å². The van der Waals surface area contributed by atoms with Gasteiger partial charge in [-0.25, -0.2) is 4.79 Å². The summed E-state index contributed by atoms with van der Waals surface area (Å²) in [5.41, 5.74) is -0.439. The first-order valence-corrected chi connectivity index (χ1v) is 6.07. The van der Waals surface area contributed by atoms with Crippen LogP contribution in [0.3, 0.4) is 0 Å². The molecule has 2 bridgehead atoms. The van der Waals surface area contributed by atoms with Crippen LogP contribution in [0.5, 0.6) is 0 Å². The van der Waals surface area contributed by atoms with Gasteiger partial charge in [0.2, 0.25) is 0 Å². The molecule has 3 rings (SSSR count). The van der Waals surface area contributed by atoms with E-state index in [1.165, 1.54) is 6.08 Å². The molecular weight excluding hydrogens is 220 g/mol. The molecule has 0 aromatic rings. The summed E-state index contributed by atoms with van der Waals surface area (Å²) in [6.07, 6.45) is 2.95. The van der Waals surface area contributed by atoms with Crippen LogP contribution >= 0.6 is 0 Å². The highest BCUT2D eigenvalue weighted by Gasteiger charge is 2.64. The van der Waals surface area contributed by atoms with E-state index in [4.69, 9.17) is 9.47 Å². The van der Waals surface area contributed by atoms with Crippen LogP contribution in [-0.4, -0.2) is 24.1 Å². The van der Waals surface area contributed by atoms with Crippen molar-refractivity contribution in [3.8, 4) is 0 Å². The van der Waals surface area contributed by atoms with E-state index in [0.29, 0.717) is 12.5 Å². The molecule has 1 heterocycles. The largest absolute Gasteiger partial charge is 0.465 e. The lowest BCUT2D eigenvalue weighted by Crippen LogP contribution is -2.43. The number of cyclic esters (lactones) is 1. The quantitative estimate of drug-likeness (QED) is 0.535. The van der Waals surface area contributed by atoms with Crippen molar-refractivity contribution in [2.24, 2.45) is 23.7 Å². The molecule has 1 aliphatic heterocycles. The highest BCUT2D eigenvalue weighted by atomic mass is 16.6. The van der Waals surface area contributed by atoms with Gasteiger partial charge < -0.3 is 9.47 Å². The molecule has 4 heteroatoms. The zero-order valence-corrected chi connectivity index (χ0v) is 9.85. The first-order chi connectivity index (χ1) is 8.05. The zero-order chi connectivity index (χ0) is 12.2. The third kappa shape index (κ3) is 1.36. The molecule has 92 valence electrons. The number of carbonyl (C=O) groups excluding carboxylic acids is 2. The Morgan fingerprint density at radius 3 is 3.12 bits per heavy atom.